The number of morpholine rings is 1. The van der Waals surface area contributed by atoms with Crippen LogP contribution < -0.4 is 4.90 Å². The molecule has 0 amide bonds. The van der Waals surface area contributed by atoms with E-state index in [2.05, 4.69) is 54.9 Å². The molecule has 0 radical (unpaired) electrons. The second-order valence-electron chi connectivity index (χ2n) is 5.78. The van der Waals surface area contributed by atoms with E-state index in [1.165, 1.54) is 5.69 Å². The summed E-state index contributed by atoms with van der Waals surface area (Å²) in [5.74, 6) is 0.483. The van der Waals surface area contributed by atoms with Gasteiger partial charge in [0.2, 0.25) is 0 Å². The Hall–Kier alpha value is -1.13. The third-order valence-electron chi connectivity index (χ3n) is 3.50. The van der Waals surface area contributed by atoms with E-state index in [9.17, 15) is 0 Å². The van der Waals surface area contributed by atoms with Crippen LogP contribution in [0.1, 0.15) is 25.5 Å². The van der Waals surface area contributed by atoms with E-state index in [1.807, 2.05) is 6.20 Å². The van der Waals surface area contributed by atoms with Crippen LogP contribution in [0.25, 0.3) is 0 Å². The summed E-state index contributed by atoms with van der Waals surface area (Å²) in [7, 11) is 4.21. The van der Waals surface area contributed by atoms with E-state index in [0.717, 1.165) is 32.0 Å². The van der Waals surface area contributed by atoms with E-state index >= 15 is 0 Å². The first kappa shape index (κ1) is 14.3. The third-order valence-corrected chi connectivity index (χ3v) is 3.50. The van der Waals surface area contributed by atoms with Gasteiger partial charge in [-0.2, -0.15) is 0 Å². The summed E-state index contributed by atoms with van der Waals surface area (Å²) in [6.45, 7) is 7.89. The Bertz CT molecular complexity index is 389. The van der Waals surface area contributed by atoms with E-state index in [-0.39, 0.29) is 0 Å². The summed E-state index contributed by atoms with van der Waals surface area (Å²) in [5.41, 5.74) is 2.36. The molecular formula is C15H25N3O. The number of anilines is 1. The molecule has 4 heteroatoms. The summed E-state index contributed by atoms with van der Waals surface area (Å²) in [4.78, 5) is 9.20. The van der Waals surface area contributed by atoms with Crippen molar-refractivity contribution in [2.24, 2.45) is 0 Å². The Labute approximate surface area is 116 Å². The Morgan fingerprint density at radius 1 is 1.42 bits per heavy atom. The lowest BCUT2D eigenvalue weighted by Crippen LogP contribution is -2.50. The molecule has 1 aromatic rings. The van der Waals surface area contributed by atoms with Gasteiger partial charge in [0, 0.05) is 18.8 Å². The molecule has 0 N–H and O–H groups in total. The average molecular weight is 263 g/mol. The summed E-state index contributed by atoms with van der Waals surface area (Å²) >= 11 is 0. The molecule has 0 unspecified atom stereocenters. The minimum absolute atomic E-state index is 0.412. The van der Waals surface area contributed by atoms with E-state index in [4.69, 9.17) is 4.74 Å². The second-order valence-corrected chi connectivity index (χ2v) is 5.78. The molecule has 1 fully saturated rings. The quantitative estimate of drug-likeness (QED) is 0.830. The number of rotatable bonds is 4. The largest absolute Gasteiger partial charge is 0.377 e. The highest BCUT2D eigenvalue weighted by Gasteiger charge is 2.24. The first-order chi connectivity index (χ1) is 9.08. The van der Waals surface area contributed by atoms with Crippen molar-refractivity contribution in [2.45, 2.75) is 25.8 Å². The molecule has 0 spiro atoms. The van der Waals surface area contributed by atoms with Gasteiger partial charge in [-0.3, -0.25) is 4.98 Å². The predicted octanol–water partition coefficient (Wildman–Crippen LogP) is 1.97. The molecule has 0 saturated carbocycles. The summed E-state index contributed by atoms with van der Waals surface area (Å²) in [6.07, 6.45) is 2.00. The summed E-state index contributed by atoms with van der Waals surface area (Å²) < 4.78 is 5.61. The molecule has 1 atom stereocenters. The fraction of sp³-hybridized carbons (Fsp3) is 0.667. The minimum Gasteiger partial charge on any atom is -0.377 e. The third kappa shape index (κ3) is 3.67. The van der Waals surface area contributed by atoms with Crippen LogP contribution in [0.2, 0.25) is 0 Å². The first-order valence-electron chi connectivity index (χ1n) is 7.03. The van der Waals surface area contributed by atoms with Crippen LogP contribution in [0.4, 0.5) is 5.69 Å². The standard InChI is InChI=1S/C15H25N3O/c1-12(2)15-6-5-13(9-16-15)18-7-8-19-11-14(18)10-17(3)4/h5-6,9,12,14H,7-8,10-11H2,1-4H3/t14-/m0/s1. The molecule has 2 rings (SSSR count). The van der Waals surface area contributed by atoms with Crippen molar-refractivity contribution in [3.63, 3.8) is 0 Å². The van der Waals surface area contributed by atoms with Crippen LogP contribution in [-0.4, -0.2) is 56.3 Å². The highest BCUT2D eigenvalue weighted by Crippen LogP contribution is 2.21. The van der Waals surface area contributed by atoms with E-state index < -0.39 is 0 Å². The van der Waals surface area contributed by atoms with E-state index in [1.54, 1.807) is 0 Å². The molecular weight excluding hydrogens is 238 g/mol. The van der Waals surface area contributed by atoms with Crippen molar-refractivity contribution in [3.8, 4) is 0 Å². The molecule has 19 heavy (non-hydrogen) atoms. The van der Waals surface area contributed by atoms with Gasteiger partial charge in [-0.05, 0) is 32.1 Å². The fourth-order valence-electron chi connectivity index (χ4n) is 2.48. The monoisotopic (exact) mass is 263 g/mol. The van der Waals surface area contributed by atoms with Gasteiger partial charge in [-0.25, -0.2) is 0 Å². The lowest BCUT2D eigenvalue weighted by Gasteiger charge is -2.38. The number of ether oxygens (including phenoxy) is 1. The predicted molar refractivity (Wildman–Crippen MR) is 78.8 cm³/mol. The maximum absolute atomic E-state index is 5.61. The summed E-state index contributed by atoms with van der Waals surface area (Å²) in [6, 6.07) is 4.74. The van der Waals surface area contributed by atoms with Crippen molar-refractivity contribution < 1.29 is 4.74 Å². The number of hydrogen-bond acceptors (Lipinski definition) is 4. The molecule has 1 aromatic heterocycles. The Balaban J connectivity index is 2.12. The molecule has 1 aliphatic rings. The maximum atomic E-state index is 5.61. The van der Waals surface area contributed by atoms with Crippen LogP contribution in [0, 0.1) is 0 Å². The van der Waals surface area contributed by atoms with Gasteiger partial charge in [-0.1, -0.05) is 13.8 Å². The zero-order valence-corrected chi connectivity index (χ0v) is 12.5. The number of nitrogens with zero attached hydrogens (tertiary/aromatic N) is 3. The highest BCUT2D eigenvalue weighted by atomic mass is 16.5. The number of aromatic nitrogens is 1. The molecule has 0 aromatic carbocycles. The fourth-order valence-corrected chi connectivity index (χ4v) is 2.48. The van der Waals surface area contributed by atoms with Crippen LogP contribution in [-0.2, 0) is 4.74 Å². The smallest absolute Gasteiger partial charge is 0.0683 e. The average Bonchev–Trinajstić information content (AvgIpc) is 2.39. The molecule has 0 bridgehead atoms. The molecule has 4 nitrogen and oxygen atoms in total. The van der Waals surface area contributed by atoms with Crippen LogP contribution in [0.15, 0.2) is 18.3 Å². The number of likely N-dealkylation sites (N-methyl/N-ethyl adjacent to an activating group) is 1. The number of pyridine rings is 1. The van der Waals surface area contributed by atoms with Crippen molar-refractivity contribution >= 4 is 5.69 Å². The van der Waals surface area contributed by atoms with Crippen molar-refractivity contribution in [2.75, 3.05) is 45.3 Å². The van der Waals surface area contributed by atoms with Gasteiger partial charge in [0.05, 0.1) is 31.1 Å². The SMILES string of the molecule is CC(C)c1ccc(N2CCOC[C@@H]2CN(C)C)cn1. The molecule has 1 saturated heterocycles. The normalized spacial score (nSPS) is 20.3. The van der Waals surface area contributed by atoms with Gasteiger partial charge in [-0.15, -0.1) is 0 Å². The molecule has 1 aliphatic heterocycles. The van der Waals surface area contributed by atoms with E-state index in [0.29, 0.717) is 12.0 Å². The summed E-state index contributed by atoms with van der Waals surface area (Å²) in [5, 5.41) is 0. The molecule has 106 valence electrons. The Morgan fingerprint density at radius 2 is 2.21 bits per heavy atom. The van der Waals surface area contributed by atoms with Gasteiger partial charge in [0.25, 0.3) is 0 Å². The first-order valence-corrected chi connectivity index (χ1v) is 7.03. The van der Waals surface area contributed by atoms with Gasteiger partial charge >= 0.3 is 0 Å². The zero-order chi connectivity index (χ0) is 13.8. The number of hydrogen-bond donors (Lipinski definition) is 0. The second kappa shape index (κ2) is 6.35. The molecule has 0 aliphatic carbocycles. The minimum atomic E-state index is 0.412. The lowest BCUT2D eigenvalue weighted by atomic mass is 10.1. The Morgan fingerprint density at radius 3 is 2.79 bits per heavy atom. The maximum Gasteiger partial charge on any atom is 0.0683 e. The van der Waals surface area contributed by atoms with Crippen LogP contribution in [0.3, 0.4) is 0 Å². The zero-order valence-electron chi connectivity index (χ0n) is 12.5. The van der Waals surface area contributed by atoms with Gasteiger partial charge in [0.1, 0.15) is 0 Å². The van der Waals surface area contributed by atoms with Gasteiger partial charge in [0.15, 0.2) is 0 Å². The molecule has 2 heterocycles. The van der Waals surface area contributed by atoms with Crippen LogP contribution in [0.5, 0.6) is 0 Å². The Kier molecular flexibility index (Phi) is 4.77. The lowest BCUT2D eigenvalue weighted by molar-refractivity contribution is 0.0854. The van der Waals surface area contributed by atoms with Crippen molar-refractivity contribution in [1.82, 2.24) is 9.88 Å². The van der Waals surface area contributed by atoms with Gasteiger partial charge < -0.3 is 14.5 Å². The van der Waals surface area contributed by atoms with Crippen molar-refractivity contribution in [1.29, 1.82) is 0 Å². The van der Waals surface area contributed by atoms with Crippen LogP contribution >= 0.6 is 0 Å². The topological polar surface area (TPSA) is 28.6 Å². The highest BCUT2D eigenvalue weighted by molar-refractivity contribution is 5.46. The van der Waals surface area contributed by atoms with Crippen molar-refractivity contribution in [3.05, 3.63) is 24.0 Å².